The zero-order chi connectivity index (χ0) is 18.1. The molecule has 1 amide bonds. The van der Waals surface area contributed by atoms with E-state index in [0.717, 1.165) is 16.9 Å². The molecular formula is C20H19N3O3. The van der Waals surface area contributed by atoms with E-state index < -0.39 is 0 Å². The number of para-hydroxylation sites is 1. The van der Waals surface area contributed by atoms with Crippen molar-refractivity contribution in [1.29, 1.82) is 0 Å². The fourth-order valence-corrected chi connectivity index (χ4v) is 3.34. The van der Waals surface area contributed by atoms with Crippen LogP contribution in [0.4, 0.5) is 5.82 Å². The van der Waals surface area contributed by atoms with Gasteiger partial charge in [-0.05, 0) is 29.8 Å². The fourth-order valence-electron chi connectivity index (χ4n) is 3.34. The molecule has 0 fully saturated rings. The summed E-state index contributed by atoms with van der Waals surface area (Å²) in [6, 6.07) is 15.6. The number of imidazole rings is 1. The highest BCUT2D eigenvalue weighted by Gasteiger charge is 2.31. The van der Waals surface area contributed by atoms with Gasteiger partial charge in [-0.2, -0.15) is 0 Å². The summed E-state index contributed by atoms with van der Waals surface area (Å²) < 4.78 is 12.6. The van der Waals surface area contributed by atoms with Crippen molar-refractivity contribution in [3.8, 4) is 17.2 Å². The van der Waals surface area contributed by atoms with E-state index in [4.69, 9.17) is 9.47 Å². The molecule has 0 saturated heterocycles. The van der Waals surface area contributed by atoms with Gasteiger partial charge in [-0.15, -0.1) is 0 Å². The van der Waals surface area contributed by atoms with Crippen LogP contribution >= 0.6 is 0 Å². The number of anilines is 1. The lowest BCUT2D eigenvalue weighted by Gasteiger charge is -2.24. The second kappa shape index (κ2) is 6.55. The van der Waals surface area contributed by atoms with Crippen LogP contribution in [0.15, 0.2) is 54.9 Å². The maximum absolute atomic E-state index is 12.4. The standard InChI is InChI=1S/C20H19N3O3/c1-25-16-9-8-13(10-17(16)26-2)15-11-18(24)22-20-19(15)21-12-23(20)14-6-4-3-5-7-14/h3-10,12,15H,11H2,1-2H3,(H,22,24). The second-order valence-electron chi connectivity index (χ2n) is 6.10. The maximum Gasteiger partial charge on any atom is 0.226 e. The molecule has 26 heavy (non-hydrogen) atoms. The van der Waals surface area contributed by atoms with Crippen LogP contribution in [0.25, 0.3) is 5.69 Å². The first-order chi connectivity index (χ1) is 12.7. The topological polar surface area (TPSA) is 65.4 Å². The molecular weight excluding hydrogens is 330 g/mol. The molecule has 4 rings (SSSR count). The number of hydrogen-bond donors (Lipinski definition) is 1. The minimum atomic E-state index is -0.136. The van der Waals surface area contributed by atoms with Crippen molar-refractivity contribution in [3.63, 3.8) is 0 Å². The lowest BCUT2D eigenvalue weighted by molar-refractivity contribution is -0.116. The third-order valence-electron chi connectivity index (χ3n) is 4.62. The van der Waals surface area contributed by atoms with Crippen LogP contribution in [-0.4, -0.2) is 29.7 Å². The molecule has 1 aromatic heterocycles. The number of fused-ring (bicyclic) bond motifs is 1. The highest BCUT2D eigenvalue weighted by molar-refractivity contribution is 5.94. The van der Waals surface area contributed by atoms with Crippen molar-refractivity contribution < 1.29 is 14.3 Å². The minimum absolute atomic E-state index is 0.0324. The molecule has 2 aromatic carbocycles. The molecule has 0 aliphatic carbocycles. The third-order valence-corrected chi connectivity index (χ3v) is 4.62. The first-order valence-electron chi connectivity index (χ1n) is 8.35. The smallest absolute Gasteiger partial charge is 0.226 e. The Morgan fingerprint density at radius 3 is 2.58 bits per heavy atom. The summed E-state index contributed by atoms with van der Waals surface area (Å²) in [5.41, 5.74) is 2.77. The van der Waals surface area contributed by atoms with Crippen LogP contribution in [-0.2, 0) is 4.79 Å². The van der Waals surface area contributed by atoms with Crippen molar-refractivity contribution >= 4 is 11.7 Å². The molecule has 1 aliphatic rings. The van der Waals surface area contributed by atoms with E-state index in [1.165, 1.54) is 0 Å². The average molecular weight is 349 g/mol. The zero-order valence-electron chi connectivity index (χ0n) is 14.6. The Kier molecular flexibility index (Phi) is 4.08. The average Bonchev–Trinajstić information content (AvgIpc) is 3.11. The molecule has 0 radical (unpaired) electrons. The molecule has 0 bridgehead atoms. The summed E-state index contributed by atoms with van der Waals surface area (Å²) in [6.07, 6.45) is 2.09. The summed E-state index contributed by atoms with van der Waals surface area (Å²) in [6.45, 7) is 0. The van der Waals surface area contributed by atoms with Crippen molar-refractivity contribution in [3.05, 3.63) is 66.1 Å². The normalized spacial score (nSPS) is 15.9. The summed E-state index contributed by atoms with van der Waals surface area (Å²) in [7, 11) is 3.20. The first-order valence-corrected chi connectivity index (χ1v) is 8.35. The highest BCUT2D eigenvalue weighted by Crippen LogP contribution is 2.40. The van der Waals surface area contributed by atoms with Crippen molar-refractivity contribution in [2.45, 2.75) is 12.3 Å². The number of ether oxygens (including phenoxy) is 2. The zero-order valence-corrected chi connectivity index (χ0v) is 14.6. The van der Waals surface area contributed by atoms with E-state index in [2.05, 4.69) is 10.3 Å². The molecule has 132 valence electrons. The number of nitrogens with zero attached hydrogens (tertiary/aromatic N) is 2. The van der Waals surface area contributed by atoms with E-state index in [9.17, 15) is 4.79 Å². The van der Waals surface area contributed by atoms with Gasteiger partial charge in [0, 0.05) is 18.0 Å². The van der Waals surface area contributed by atoms with Crippen LogP contribution in [0.2, 0.25) is 0 Å². The van der Waals surface area contributed by atoms with Crippen molar-refractivity contribution in [2.24, 2.45) is 0 Å². The Morgan fingerprint density at radius 1 is 1.08 bits per heavy atom. The van der Waals surface area contributed by atoms with E-state index in [1.54, 1.807) is 20.5 Å². The number of nitrogens with one attached hydrogen (secondary N) is 1. The number of methoxy groups -OCH3 is 2. The summed E-state index contributed by atoms with van der Waals surface area (Å²) >= 11 is 0. The molecule has 6 heteroatoms. The Hall–Kier alpha value is -3.28. The number of benzene rings is 2. The van der Waals surface area contributed by atoms with Gasteiger partial charge in [0.05, 0.1) is 19.9 Å². The van der Waals surface area contributed by atoms with Gasteiger partial charge in [0.2, 0.25) is 5.91 Å². The molecule has 0 saturated carbocycles. The summed E-state index contributed by atoms with van der Waals surface area (Å²) in [5.74, 6) is 1.84. The van der Waals surface area contributed by atoms with Crippen LogP contribution in [0.1, 0.15) is 23.6 Å². The minimum Gasteiger partial charge on any atom is -0.493 e. The van der Waals surface area contributed by atoms with Gasteiger partial charge in [0.1, 0.15) is 12.1 Å². The molecule has 3 aromatic rings. The fraction of sp³-hybridized carbons (Fsp3) is 0.200. The summed E-state index contributed by atoms with van der Waals surface area (Å²) in [4.78, 5) is 17.0. The lowest BCUT2D eigenvalue weighted by atomic mass is 9.89. The van der Waals surface area contributed by atoms with Crippen LogP contribution in [0, 0.1) is 0 Å². The predicted molar refractivity (Wildman–Crippen MR) is 98.2 cm³/mol. The number of rotatable bonds is 4. The number of aromatic nitrogens is 2. The lowest BCUT2D eigenvalue weighted by Crippen LogP contribution is -2.24. The number of carbonyl (C=O) groups is 1. The second-order valence-corrected chi connectivity index (χ2v) is 6.10. The van der Waals surface area contributed by atoms with Crippen LogP contribution in [0.3, 0.4) is 0 Å². The quantitative estimate of drug-likeness (QED) is 0.784. The van der Waals surface area contributed by atoms with E-state index in [1.807, 2.05) is 53.1 Å². The van der Waals surface area contributed by atoms with E-state index in [0.29, 0.717) is 23.7 Å². The monoisotopic (exact) mass is 349 g/mol. The third kappa shape index (κ3) is 2.69. The Labute approximate surface area is 151 Å². The van der Waals surface area contributed by atoms with E-state index in [-0.39, 0.29) is 11.8 Å². The number of amides is 1. The van der Waals surface area contributed by atoms with Crippen molar-refractivity contribution in [2.75, 3.05) is 19.5 Å². The van der Waals surface area contributed by atoms with Gasteiger partial charge in [-0.3, -0.25) is 9.36 Å². The van der Waals surface area contributed by atoms with Gasteiger partial charge in [0.15, 0.2) is 11.5 Å². The molecule has 1 unspecified atom stereocenters. The number of carbonyl (C=O) groups excluding carboxylic acids is 1. The van der Waals surface area contributed by atoms with Gasteiger partial charge < -0.3 is 14.8 Å². The molecule has 1 aliphatic heterocycles. The Bertz CT molecular complexity index is 950. The molecule has 1 atom stereocenters. The van der Waals surface area contributed by atoms with Gasteiger partial charge in [-0.1, -0.05) is 24.3 Å². The first kappa shape index (κ1) is 16.2. The Morgan fingerprint density at radius 2 is 1.85 bits per heavy atom. The summed E-state index contributed by atoms with van der Waals surface area (Å²) in [5, 5.41) is 2.96. The molecule has 2 heterocycles. The molecule has 6 nitrogen and oxygen atoms in total. The van der Waals surface area contributed by atoms with Crippen LogP contribution in [0.5, 0.6) is 11.5 Å². The largest absolute Gasteiger partial charge is 0.493 e. The van der Waals surface area contributed by atoms with Crippen molar-refractivity contribution in [1.82, 2.24) is 9.55 Å². The maximum atomic E-state index is 12.4. The molecule has 1 N–H and O–H groups in total. The molecule has 0 spiro atoms. The SMILES string of the molecule is COc1ccc(C2CC(=O)Nc3c2ncn3-c2ccccc2)cc1OC. The number of hydrogen-bond acceptors (Lipinski definition) is 4. The Balaban J connectivity index is 1.79. The van der Waals surface area contributed by atoms with Gasteiger partial charge in [-0.25, -0.2) is 4.98 Å². The predicted octanol–water partition coefficient (Wildman–Crippen LogP) is 3.36. The van der Waals surface area contributed by atoms with E-state index >= 15 is 0 Å². The van der Waals surface area contributed by atoms with Gasteiger partial charge >= 0.3 is 0 Å². The van der Waals surface area contributed by atoms with Crippen LogP contribution < -0.4 is 14.8 Å². The van der Waals surface area contributed by atoms with Gasteiger partial charge in [0.25, 0.3) is 0 Å². The highest BCUT2D eigenvalue weighted by atomic mass is 16.5.